The maximum Gasteiger partial charge on any atom is 0.192 e. The average Bonchev–Trinajstić information content (AvgIpc) is 2.76. The fraction of sp³-hybridized carbons (Fsp3) is 0.308. The van der Waals surface area contributed by atoms with E-state index >= 15 is 0 Å². The molecule has 0 radical (unpaired) electrons. The third-order valence-corrected chi connectivity index (χ3v) is 6.03. The number of halogens is 3. The highest BCUT2D eigenvalue weighted by molar-refractivity contribution is 5.76. The zero-order valence-electron chi connectivity index (χ0n) is 17.2. The monoisotopic (exact) mass is 410 g/mol. The Morgan fingerprint density at radius 1 is 0.900 bits per heavy atom. The van der Waals surface area contributed by atoms with Gasteiger partial charge in [0.2, 0.25) is 0 Å². The van der Waals surface area contributed by atoms with Gasteiger partial charge in [-0.25, -0.2) is 13.2 Å². The average molecular weight is 410 g/mol. The normalized spacial score (nSPS) is 24.0. The molecule has 2 aromatic rings. The molecule has 0 N–H and O–H groups in total. The number of ether oxygens (including phenoxy) is 1. The van der Waals surface area contributed by atoms with Gasteiger partial charge >= 0.3 is 0 Å². The van der Waals surface area contributed by atoms with Crippen LogP contribution in [0.15, 0.2) is 66.5 Å². The third kappa shape index (κ3) is 3.96. The molecule has 2 aliphatic carbocycles. The van der Waals surface area contributed by atoms with Crippen molar-refractivity contribution in [2.75, 3.05) is 7.11 Å². The van der Waals surface area contributed by atoms with Gasteiger partial charge in [0.05, 0.1) is 7.11 Å². The number of hydrogen-bond acceptors (Lipinski definition) is 1. The number of rotatable bonds is 4. The van der Waals surface area contributed by atoms with Gasteiger partial charge < -0.3 is 4.74 Å². The molecule has 0 aromatic heterocycles. The van der Waals surface area contributed by atoms with Gasteiger partial charge in [0, 0.05) is 5.56 Å². The Balaban J connectivity index is 1.57. The fourth-order valence-electron chi connectivity index (χ4n) is 4.11. The maximum absolute atomic E-state index is 14.8. The summed E-state index contributed by atoms with van der Waals surface area (Å²) in [4.78, 5) is 0. The minimum atomic E-state index is -1.81. The van der Waals surface area contributed by atoms with Crippen LogP contribution in [-0.2, 0) is 4.74 Å². The van der Waals surface area contributed by atoms with E-state index in [4.69, 9.17) is 4.74 Å². The number of hydrogen-bond donors (Lipinski definition) is 0. The second-order valence-electron chi connectivity index (χ2n) is 8.08. The molecule has 3 unspecified atom stereocenters. The predicted molar refractivity (Wildman–Crippen MR) is 116 cm³/mol. The smallest absolute Gasteiger partial charge is 0.192 e. The first kappa shape index (κ1) is 20.5. The van der Waals surface area contributed by atoms with E-state index in [1.54, 1.807) is 24.3 Å². The van der Waals surface area contributed by atoms with Crippen LogP contribution < -0.4 is 0 Å². The highest BCUT2D eigenvalue weighted by atomic mass is 19.2. The Kier molecular flexibility index (Phi) is 5.85. The first-order valence-electron chi connectivity index (χ1n) is 10.3. The van der Waals surface area contributed by atoms with Crippen molar-refractivity contribution in [3.63, 3.8) is 0 Å². The van der Waals surface area contributed by atoms with Crippen molar-refractivity contribution in [3.8, 4) is 11.1 Å². The van der Waals surface area contributed by atoms with Crippen LogP contribution in [0.5, 0.6) is 0 Å². The molecule has 0 spiro atoms. The topological polar surface area (TPSA) is 9.23 Å². The Morgan fingerprint density at radius 2 is 1.60 bits per heavy atom. The SMILES string of the molecule is COC1=CC=C(c2ccc(-c3ccc(C4=CCC(C)CC4)c(F)c3)cc2)C(F)C1F. The van der Waals surface area contributed by atoms with Crippen molar-refractivity contribution in [1.29, 1.82) is 0 Å². The molecule has 2 aliphatic rings. The second-order valence-corrected chi connectivity index (χ2v) is 8.08. The van der Waals surface area contributed by atoms with E-state index in [0.717, 1.165) is 36.0 Å². The van der Waals surface area contributed by atoms with Gasteiger partial charge in [-0.1, -0.05) is 55.5 Å². The molecule has 0 amide bonds. The summed E-state index contributed by atoms with van der Waals surface area (Å²) in [6, 6.07) is 12.4. The summed E-state index contributed by atoms with van der Waals surface area (Å²) < 4.78 is 48.3. The van der Waals surface area contributed by atoms with Crippen LogP contribution in [0.2, 0.25) is 0 Å². The Hall–Kier alpha value is -2.75. The molecule has 4 rings (SSSR count). The number of alkyl halides is 2. The van der Waals surface area contributed by atoms with Crippen LogP contribution in [0.1, 0.15) is 37.3 Å². The van der Waals surface area contributed by atoms with Crippen molar-refractivity contribution in [1.82, 2.24) is 0 Å². The number of allylic oxidation sites excluding steroid dienone is 6. The molecule has 0 fully saturated rings. The third-order valence-electron chi connectivity index (χ3n) is 6.03. The summed E-state index contributed by atoms with van der Waals surface area (Å²) in [6.45, 7) is 2.21. The van der Waals surface area contributed by atoms with Crippen molar-refractivity contribution in [3.05, 3.63) is 83.4 Å². The predicted octanol–water partition coefficient (Wildman–Crippen LogP) is 7.30. The van der Waals surface area contributed by atoms with Gasteiger partial charge in [0.25, 0.3) is 0 Å². The molecular formula is C26H25F3O. The zero-order valence-corrected chi connectivity index (χ0v) is 17.2. The summed E-state index contributed by atoms with van der Waals surface area (Å²) >= 11 is 0. The highest BCUT2D eigenvalue weighted by Crippen LogP contribution is 2.35. The Labute approximate surface area is 175 Å². The van der Waals surface area contributed by atoms with E-state index in [9.17, 15) is 13.2 Å². The minimum Gasteiger partial charge on any atom is -0.498 e. The standard InChI is InChI=1S/C26H25F3O/c1-16-3-5-18(6-4-16)21-12-11-20(15-23(21)27)17-7-9-19(10-8-17)22-13-14-24(30-2)26(29)25(22)28/h5,7-16,25-26H,3-4,6H2,1-2H3. The number of benzene rings is 2. The van der Waals surface area contributed by atoms with E-state index in [0.29, 0.717) is 17.0 Å². The lowest BCUT2D eigenvalue weighted by atomic mass is 9.87. The first-order valence-corrected chi connectivity index (χ1v) is 10.3. The second kappa shape index (κ2) is 8.55. The molecule has 0 aliphatic heterocycles. The van der Waals surface area contributed by atoms with Crippen molar-refractivity contribution >= 4 is 11.1 Å². The van der Waals surface area contributed by atoms with E-state index in [1.807, 2.05) is 24.3 Å². The summed E-state index contributed by atoms with van der Waals surface area (Å²) in [5.74, 6) is 0.414. The summed E-state index contributed by atoms with van der Waals surface area (Å²) in [7, 11) is 1.33. The molecular weight excluding hydrogens is 385 g/mol. The highest BCUT2D eigenvalue weighted by Gasteiger charge is 2.32. The van der Waals surface area contributed by atoms with Crippen LogP contribution in [0.3, 0.4) is 0 Å². The Bertz CT molecular complexity index is 1020. The molecule has 0 saturated heterocycles. The molecule has 0 bridgehead atoms. The van der Waals surface area contributed by atoms with E-state index in [2.05, 4.69) is 13.0 Å². The van der Waals surface area contributed by atoms with Crippen molar-refractivity contribution in [2.45, 2.75) is 38.5 Å². The van der Waals surface area contributed by atoms with E-state index in [1.165, 1.54) is 13.2 Å². The van der Waals surface area contributed by atoms with Crippen LogP contribution in [0.25, 0.3) is 22.3 Å². The molecule has 30 heavy (non-hydrogen) atoms. The quantitative estimate of drug-likeness (QED) is 0.514. The van der Waals surface area contributed by atoms with Gasteiger partial charge in [-0.15, -0.1) is 0 Å². The molecule has 3 atom stereocenters. The molecule has 1 nitrogen and oxygen atoms in total. The first-order chi connectivity index (χ1) is 14.5. The molecule has 4 heteroatoms. The van der Waals surface area contributed by atoms with Crippen molar-refractivity contribution in [2.24, 2.45) is 5.92 Å². The van der Waals surface area contributed by atoms with E-state index < -0.39 is 12.3 Å². The van der Waals surface area contributed by atoms with E-state index in [-0.39, 0.29) is 17.1 Å². The van der Waals surface area contributed by atoms with Crippen LogP contribution >= 0.6 is 0 Å². The Morgan fingerprint density at radius 3 is 2.23 bits per heavy atom. The van der Waals surface area contributed by atoms with Gasteiger partial charge in [-0.3, -0.25) is 0 Å². The molecule has 2 aromatic carbocycles. The lowest BCUT2D eigenvalue weighted by Gasteiger charge is -2.22. The molecule has 0 saturated carbocycles. The minimum absolute atomic E-state index is 0.0130. The fourth-order valence-corrected chi connectivity index (χ4v) is 4.11. The molecule has 156 valence electrons. The van der Waals surface area contributed by atoms with Gasteiger partial charge in [0.1, 0.15) is 11.6 Å². The van der Waals surface area contributed by atoms with Gasteiger partial charge in [-0.05, 0) is 65.2 Å². The van der Waals surface area contributed by atoms with Crippen LogP contribution in [0.4, 0.5) is 13.2 Å². The maximum atomic E-state index is 14.8. The summed E-state index contributed by atoms with van der Waals surface area (Å²) in [6.07, 6.45) is 4.53. The van der Waals surface area contributed by atoms with Gasteiger partial charge in [-0.2, -0.15) is 0 Å². The largest absolute Gasteiger partial charge is 0.498 e. The zero-order chi connectivity index (χ0) is 21.3. The van der Waals surface area contributed by atoms with Gasteiger partial charge in [0.15, 0.2) is 12.3 Å². The lowest BCUT2D eigenvalue weighted by molar-refractivity contribution is 0.152. The molecule has 0 heterocycles. The van der Waals surface area contributed by atoms with Crippen LogP contribution in [0, 0.1) is 11.7 Å². The summed E-state index contributed by atoms with van der Waals surface area (Å²) in [5.41, 5.74) is 4.20. The summed E-state index contributed by atoms with van der Waals surface area (Å²) in [5, 5.41) is 0. The number of methoxy groups -OCH3 is 1. The van der Waals surface area contributed by atoms with Crippen molar-refractivity contribution < 1.29 is 17.9 Å². The lowest BCUT2D eigenvalue weighted by Crippen LogP contribution is -2.24. The van der Waals surface area contributed by atoms with Crippen LogP contribution in [-0.4, -0.2) is 19.5 Å².